The largest absolute Gasteiger partial charge is 0.462 e. The van der Waals surface area contributed by atoms with Gasteiger partial charge in [0.2, 0.25) is 0 Å². The number of aliphatic hydroxyl groups excluding tert-OH is 1. The highest BCUT2D eigenvalue weighted by Crippen LogP contribution is 2.09. The third-order valence-electron chi connectivity index (χ3n) is 1.86. The summed E-state index contributed by atoms with van der Waals surface area (Å²) in [6.45, 7) is 0. The van der Waals surface area contributed by atoms with Crippen LogP contribution in [0.2, 0.25) is 0 Å². The van der Waals surface area contributed by atoms with E-state index in [1.807, 2.05) is 30.5 Å². The standard InChI is InChI=1S/C10H8N2O/c13-7-3-4-9-8-11-12-6-2-1-5-10(9)12/h1-2,5-6,8,13H,4H2. The zero-order chi connectivity index (χ0) is 9.10. The maximum Gasteiger partial charge on any atom is 0.107 e. The van der Waals surface area contributed by atoms with Crippen LogP contribution < -0.4 is 0 Å². The van der Waals surface area contributed by atoms with E-state index in [-0.39, 0.29) is 0 Å². The first-order valence-electron chi connectivity index (χ1n) is 3.95. The smallest absolute Gasteiger partial charge is 0.107 e. The molecule has 0 saturated heterocycles. The molecule has 0 bridgehead atoms. The Bertz CT molecular complexity index is 476. The predicted molar refractivity (Wildman–Crippen MR) is 48.6 cm³/mol. The summed E-state index contributed by atoms with van der Waals surface area (Å²) in [7, 11) is 0. The first-order valence-corrected chi connectivity index (χ1v) is 3.95. The van der Waals surface area contributed by atoms with Gasteiger partial charge in [-0.2, -0.15) is 5.10 Å². The van der Waals surface area contributed by atoms with Crippen molar-refractivity contribution in [3.8, 4) is 12.0 Å². The van der Waals surface area contributed by atoms with E-state index in [2.05, 4.69) is 11.0 Å². The van der Waals surface area contributed by atoms with Crippen LogP contribution in [0.15, 0.2) is 30.6 Å². The van der Waals surface area contributed by atoms with Gasteiger partial charge >= 0.3 is 0 Å². The van der Waals surface area contributed by atoms with E-state index >= 15 is 0 Å². The minimum Gasteiger partial charge on any atom is -0.462 e. The van der Waals surface area contributed by atoms with Crippen LogP contribution in [0, 0.1) is 12.0 Å². The fraction of sp³-hybridized carbons (Fsp3) is 0.100. The second-order valence-electron chi connectivity index (χ2n) is 2.67. The Balaban J connectivity index is 2.49. The normalized spacial score (nSPS) is 9.54. The van der Waals surface area contributed by atoms with E-state index in [9.17, 15) is 0 Å². The van der Waals surface area contributed by atoms with Crippen molar-refractivity contribution in [3.05, 3.63) is 36.2 Å². The Morgan fingerprint density at radius 2 is 2.38 bits per heavy atom. The van der Waals surface area contributed by atoms with Crippen LogP contribution in [0.4, 0.5) is 0 Å². The second-order valence-corrected chi connectivity index (χ2v) is 2.67. The van der Waals surface area contributed by atoms with Gasteiger partial charge in [0.15, 0.2) is 0 Å². The highest BCUT2D eigenvalue weighted by molar-refractivity contribution is 5.54. The molecular formula is C10H8N2O. The third kappa shape index (κ3) is 1.34. The van der Waals surface area contributed by atoms with Crippen LogP contribution in [0.5, 0.6) is 0 Å². The van der Waals surface area contributed by atoms with Crippen LogP contribution in [-0.2, 0) is 6.42 Å². The Hall–Kier alpha value is -1.95. The van der Waals surface area contributed by atoms with Crippen molar-refractivity contribution in [1.29, 1.82) is 0 Å². The molecule has 3 heteroatoms. The third-order valence-corrected chi connectivity index (χ3v) is 1.86. The van der Waals surface area contributed by atoms with Gasteiger partial charge in [-0.1, -0.05) is 12.0 Å². The number of hydrogen-bond donors (Lipinski definition) is 1. The lowest BCUT2D eigenvalue weighted by Crippen LogP contribution is -1.84. The molecule has 2 rings (SSSR count). The van der Waals surface area contributed by atoms with E-state index in [0.717, 1.165) is 11.1 Å². The van der Waals surface area contributed by atoms with Crippen LogP contribution in [-0.4, -0.2) is 14.7 Å². The van der Waals surface area contributed by atoms with Crippen molar-refractivity contribution >= 4 is 5.52 Å². The zero-order valence-electron chi connectivity index (χ0n) is 6.94. The van der Waals surface area contributed by atoms with Crippen LogP contribution in [0.25, 0.3) is 5.52 Å². The summed E-state index contributed by atoms with van der Waals surface area (Å²) in [5.41, 5.74) is 2.06. The van der Waals surface area contributed by atoms with Crippen molar-refractivity contribution < 1.29 is 5.11 Å². The number of aromatic nitrogens is 2. The molecule has 0 amide bonds. The molecule has 0 aromatic carbocycles. The first kappa shape index (κ1) is 7.69. The molecule has 0 aliphatic heterocycles. The monoisotopic (exact) mass is 172 g/mol. The molecule has 13 heavy (non-hydrogen) atoms. The Kier molecular flexibility index (Phi) is 1.89. The van der Waals surface area contributed by atoms with Crippen LogP contribution in [0.3, 0.4) is 0 Å². The quantitative estimate of drug-likeness (QED) is 0.656. The Morgan fingerprint density at radius 1 is 1.46 bits per heavy atom. The molecule has 2 aromatic rings. The van der Waals surface area contributed by atoms with Crippen molar-refractivity contribution in [2.24, 2.45) is 0 Å². The summed E-state index contributed by atoms with van der Waals surface area (Å²) in [5.74, 6) is 2.60. The summed E-state index contributed by atoms with van der Waals surface area (Å²) in [4.78, 5) is 0. The molecule has 3 nitrogen and oxygen atoms in total. The number of hydrogen-bond acceptors (Lipinski definition) is 2. The van der Waals surface area contributed by atoms with Gasteiger partial charge < -0.3 is 5.11 Å². The Morgan fingerprint density at radius 3 is 3.23 bits per heavy atom. The van der Waals surface area contributed by atoms with E-state index in [0.29, 0.717) is 6.42 Å². The molecule has 0 spiro atoms. The van der Waals surface area contributed by atoms with E-state index in [1.165, 1.54) is 0 Å². The van der Waals surface area contributed by atoms with E-state index in [1.54, 1.807) is 10.7 Å². The second kappa shape index (κ2) is 3.20. The maximum absolute atomic E-state index is 8.35. The van der Waals surface area contributed by atoms with Gasteiger partial charge in [-0.05, 0) is 12.1 Å². The summed E-state index contributed by atoms with van der Waals surface area (Å²) in [5, 5.41) is 12.5. The first-order chi connectivity index (χ1) is 6.42. The molecule has 0 aliphatic carbocycles. The molecular weight excluding hydrogens is 164 g/mol. The SMILES string of the molecule is OC#CCc1cnn2ccccc12. The number of nitrogens with zero attached hydrogens (tertiary/aromatic N) is 2. The minimum atomic E-state index is 0.532. The van der Waals surface area contributed by atoms with Gasteiger partial charge in [-0.25, -0.2) is 4.52 Å². The summed E-state index contributed by atoms with van der Waals surface area (Å²) in [6.07, 6.45) is 6.06. The molecule has 0 unspecified atom stereocenters. The topological polar surface area (TPSA) is 37.5 Å². The molecule has 0 atom stereocenters. The van der Waals surface area contributed by atoms with Gasteiger partial charge in [-0.15, -0.1) is 0 Å². The molecule has 0 radical (unpaired) electrons. The highest BCUT2D eigenvalue weighted by Gasteiger charge is 1.99. The van der Waals surface area contributed by atoms with Crippen LogP contribution in [0.1, 0.15) is 5.56 Å². The van der Waals surface area contributed by atoms with Gasteiger partial charge in [0.05, 0.1) is 11.7 Å². The van der Waals surface area contributed by atoms with Crippen molar-refractivity contribution in [2.75, 3.05) is 0 Å². The molecule has 0 saturated carbocycles. The summed E-state index contributed by atoms with van der Waals surface area (Å²) in [6, 6.07) is 5.84. The fourth-order valence-corrected chi connectivity index (χ4v) is 1.26. The molecule has 0 fully saturated rings. The van der Waals surface area contributed by atoms with Crippen molar-refractivity contribution in [1.82, 2.24) is 9.61 Å². The number of pyridine rings is 1. The zero-order valence-corrected chi connectivity index (χ0v) is 6.94. The number of fused-ring (bicyclic) bond motifs is 1. The highest BCUT2D eigenvalue weighted by atomic mass is 16.2. The van der Waals surface area contributed by atoms with E-state index in [4.69, 9.17) is 5.11 Å². The number of rotatable bonds is 1. The average Bonchev–Trinajstić information content (AvgIpc) is 2.58. The molecule has 2 aromatic heterocycles. The molecule has 1 N–H and O–H groups in total. The van der Waals surface area contributed by atoms with Gasteiger partial charge in [0, 0.05) is 18.2 Å². The summed E-state index contributed by atoms with van der Waals surface area (Å²) < 4.78 is 1.79. The fourth-order valence-electron chi connectivity index (χ4n) is 1.26. The van der Waals surface area contributed by atoms with Gasteiger partial charge in [-0.3, -0.25) is 0 Å². The maximum atomic E-state index is 8.35. The van der Waals surface area contributed by atoms with E-state index < -0.39 is 0 Å². The van der Waals surface area contributed by atoms with Gasteiger partial charge in [0.25, 0.3) is 0 Å². The van der Waals surface area contributed by atoms with Crippen LogP contribution >= 0.6 is 0 Å². The average molecular weight is 172 g/mol. The molecule has 2 heterocycles. The van der Waals surface area contributed by atoms with Crippen molar-refractivity contribution in [2.45, 2.75) is 6.42 Å². The van der Waals surface area contributed by atoms with Gasteiger partial charge in [0.1, 0.15) is 6.11 Å². The lowest BCUT2D eigenvalue weighted by molar-refractivity contribution is 0.516. The molecule has 0 aliphatic rings. The predicted octanol–water partition coefficient (Wildman–Crippen LogP) is 1.21. The lowest BCUT2D eigenvalue weighted by Gasteiger charge is -1.91. The Labute approximate surface area is 75.6 Å². The summed E-state index contributed by atoms with van der Waals surface area (Å²) >= 11 is 0. The lowest BCUT2D eigenvalue weighted by atomic mass is 10.2. The molecule has 64 valence electrons. The van der Waals surface area contributed by atoms with Crippen molar-refractivity contribution in [3.63, 3.8) is 0 Å². The minimum absolute atomic E-state index is 0.532. The number of aliphatic hydroxyl groups is 1.